The Morgan fingerprint density at radius 2 is 2.16 bits per heavy atom. The molecule has 0 spiro atoms. The fourth-order valence-corrected chi connectivity index (χ4v) is 4.05. The molecule has 1 atom stereocenters. The normalized spacial score (nSPS) is 16.1. The number of H-pyrrole nitrogens is 1. The molecule has 1 aromatic heterocycles. The third-order valence-corrected chi connectivity index (χ3v) is 6.11. The maximum absolute atomic E-state index is 12.4. The molecule has 1 aromatic carbocycles. The van der Waals surface area contributed by atoms with Gasteiger partial charge < -0.3 is 5.32 Å². The molecule has 8 heteroatoms. The van der Waals surface area contributed by atoms with Crippen molar-refractivity contribution in [3.8, 4) is 0 Å². The van der Waals surface area contributed by atoms with E-state index < -0.39 is 0 Å². The highest BCUT2D eigenvalue weighted by molar-refractivity contribution is 8.00. The molecular weight excluding hydrogens is 379 g/mol. The summed E-state index contributed by atoms with van der Waals surface area (Å²) in [5.41, 5.74) is 0.503. The van der Waals surface area contributed by atoms with E-state index in [4.69, 9.17) is 23.2 Å². The Bertz CT molecular complexity index is 746. The monoisotopic (exact) mass is 398 g/mol. The number of halogens is 2. The summed E-state index contributed by atoms with van der Waals surface area (Å²) in [7, 11) is 0. The van der Waals surface area contributed by atoms with Crippen molar-refractivity contribution in [3.05, 3.63) is 34.1 Å². The van der Waals surface area contributed by atoms with Crippen molar-refractivity contribution in [2.45, 2.75) is 49.4 Å². The lowest BCUT2D eigenvalue weighted by Crippen LogP contribution is -2.22. The van der Waals surface area contributed by atoms with Crippen LogP contribution in [0.5, 0.6) is 0 Å². The summed E-state index contributed by atoms with van der Waals surface area (Å²) in [5, 5.41) is 11.0. The van der Waals surface area contributed by atoms with Gasteiger partial charge in [0.15, 0.2) is 0 Å². The van der Waals surface area contributed by atoms with Crippen LogP contribution >= 0.6 is 35.0 Å². The number of anilines is 1. The van der Waals surface area contributed by atoms with Gasteiger partial charge in [0.25, 0.3) is 0 Å². The first-order valence-corrected chi connectivity index (χ1v) is 9.99. The highest BCUT2D eigenvalue weighted by Crippen LogP contribution is 2.31. The Morgan fingerprint density at radius 1 is 1.40 bits per heavy atom. The first-order chi connectivity index (χ1) is 12.0. The van der Waals surface area contributed by atoms with Gasteiger partial charge in [0, 0.05) is 6.42 Å². The lowest BCUT2D eigenvalue weighted by molar-refractivity contribution is -0.115. The molecule has 1 aliphatic carbocycles. The molecule has 1 aliphatic rings. The molecular formula is C17H20Cl2N4OS. The van der Waals surface area contributed by atoms with E-state index in [1.165, 1.54) is 37.4 Å². The van der Waals surface area contributed by atoms with E-state index in [2.05, 4.69) is 20.5 Å². The molecule has 0 radical (unpaired) electrons. The molecule has 2 N–H and O–H groups in total. The van der Waals surface area contributed by atoms with Gasteiger partial charge in [-0.3, -0.25) is 9.89 Å². The Labute approximate surface area is 161 Å². The highest BCUT2D eigenvalue weighted by atomic mass is 35.5. The lowest BCUT2D eigenvalue weighted by Gasteiger charge is -2.11. The van der Waals surface area contributed by atoms with E-state index in [9.17, 15) is 4.79 Å². The molecule has 0 saturated heterocycles. The van der Waals surface area contributed by atoms with Crippen molar-refractivity contribution in [2.75, 3.05) is 5.32 Å². The number of hydrogen-bond acceptors (Lipinski definition) is 4. The number of aromatic amines is 1. The smallest absolute Gasteiger partial charge is 0.237 e. The predicted octanol–water partition coefficient (Wildman–Crippen LogP) is 4.96. The van der Waals surface area contributed by atoms with E-state index in [1.807, 2.05) is 6.92 Å². The second-order valence-electron chi connectivity index (χ2n) is 6.27. The number of thioether (sulfide) groups is 1. The van der Waals surface area contributed by atoms with E-state index in [0.29, 0.717) is 26.8 Å². The standard InChI is InChI=1S/C17H20Cl2N4OS/c1-10(16(24)20-13-8-4-7-12(18)15(13)19)25-17-21-14(22-23-17)9-11-5-2-3-6-11/h4,7-8,10-11H,2-3,5-6,9H2,1H3,(H,20,24)(H,21,22,23)/t10-/m0/s1. The van der Waals surface area contributed by atoms with Crippen LogP contribution in [0.15, 0.2) is 23.4 Å². The number of rotatable bonds is 6. The third-order valence-electron chi connectivity index (χ3n) is 4.33. The first-order valence-electron chi connectivity index (χ1n) is 8.35. The zero-order valence-corrected chi connectivity index (χ0v) is 16.2. The van der Waals surface area contributed by atoms with E-state index in [-0.39, 0.29) is 11.2 Å². The van der Waals surface area contributed by atoms with Gasteiger partial charge in [0.2, 0.25) is 11.1 Å². The summed E-state index contributed by atoms with van der Waals surface area (Å²) in [6.07, 6.45) is 6.09. The SMILES string of the molecule is C[C@H](Sc1n[nH]c(CC2CCCC2)n1)C(=O)Nc1cccc(Cl)c1Cl. The number of amides is 1. The molecule has 5 nitrogen and oxygen atoms in total. The molecule has 0 aliphatic heterocycles. The summed E-state index contributed by atoms with van der Waals surface area (Å²) in [5.74, 6) is 1.44. The van der Waals surface area contributed by atoms with Crippen LogP contribution in [-0.4, -0.2) is 26.3 Å². The maximum atomic E-state index is 12.4. The molecule has 3 rings (SSSR count). The molecule has 1 heterocycles. The van der Waals surface area contributed by atoms with Gasteiger partial charge in [-0.15, -0.1) is 5.10 Å². The molecule has 2 aromatic rings. The van der Waals surface area contributed by atoms with Crippen LogP contribution in [0, 0.1) is 5.92 Å². The molecule has 0 unspecified atom stereocenters. The van der Waals surface area contributed by atoms with E-state index in [1.54, 1.807) is 18.2 Å². The van der Waals surface area contributed by atoms with E-state index >= 15 is 0 Å². The van der Waals surface area contributed by atoms with Crippen molar-refractivity contribution in [1.82, 2.24) is 15.2 Å². The van der Waals surface area contributed by atoms with Crippen LogP contribution in [0.1, 0.15) is 38.4 Å². The van der Waals surface area contributed by atoms with Gasteiger partial charge in [0.1, 0.15) is 5.82 Å². The van der Waals surface area contributed by atoms with Crippen molar-refractivity contribution in [3.63, 3.8) is 0 Å². The van der Waals surface area contributed by atoms with Crippen LogP contribution in [0.2, 0.25) is 10.0 Å². The summed E-state index contributed by atoms with van der Waals surface area (Å²) >= 11 is 13.4. The number of carbonyl (C=O) groups is 1. The van der Waals surface area contributed by atoms with Crippen molar-refractivity contribution < 1.29 is 4.79 Å². The van der Waals surface area contributed by atoms with Gasteiger partial charge in [0.05, 0.1) is 21.0 Å². The highest BCUT2D eigenvalue weighted by Gasteiger charge is 2.20. The quantitative estimate of drug-likeness (QED) is 0.674. The lowest BCUT2D eigenvalue weighted by atomic mass is 10.0. The molecule has 1 fully saturated rings. The molecule has 1 saturated carbocycles. The number of benzene rings is 1. The van der Waals surface area contributed by atoms with Gasteiger partial charge in [-0.2, -0.15) is 0 Å². The Hall–Kier alpha value is -1.24. The second-order valence-corrected chi connectivity index (χ2v) is 8.36. The van der Waals surface area contributed by atoms with Crippen molar-refractivity contribution in [2.24, 2.45) is 5.92 Å². The average Bonchev–Trinajstić information content (AvgIpc) is 3.24. The van der Waals surface area contributed by atoms with Gasteiger partial charge in [-0.1, -0.05) is 66.7 Å². The van der Waals surface area contributed by atoms with Crippen LogP contribution in [0.25, 0.3) is 0 Å². The van der Waals surface area contributed by atoms with Crippen LogP contribution in [-0.2, 0) is 11.2 Å². The molecule has 1 amide bonds. The Balaban J connectivity index is 1.56. The third kappa shape index (κ3) is 4.90. The topological polar surface area (TPSA) is 70.7 Å². The van der Waals surface area contributed by atoms with Crippen LogP contribution in [0.3, 0.4) is 0 Å². The number of nitrogens with one attached hydrogen (secondary N) is 2. The Kier molecular flexibility index (Phi) is 6.25. The van der Waals surface area contributed by atoms with Gasteiger partial charge in [-0.05, 0) is 25.0 Å². The van der Waals surface area contributed by atoms with Gasteiger partial charge in [-0.25, -0.2) is 4.98 Å². The number of nitrogens with zero attached hydrogens (tertiary/aromatic N) is 2. The minimum atomic E-state index is -0.356. The minimum absolute atomic E-state index is 0.170. The first kappa shape index (κ1) is 18.5. The van der Waals surface area contributed by atoms with Crippen LogP contribution in [0.4, 0.5) is 5.69 Å². The molecule has 134 valence electrons. The van der Waals surface area contributed by atoms with Crippen LogP contribution < -0.4 is 5.32 Å². The zero-order chi connectivity index (χ0) is 17.8. The number of hydrogen-bond donors (Lipinski definition) is 2. The van der Waals surface area contributed by atoms with Crippen molar-refractivity contribution in [1.29, 1.82) is 0 Å². The number of aromatic nitrogens is 3. The largest absolute Gasteiger partial charge is 0.324 e. The minimum Gasteiger partial charge on any atom is -0.324 e. The summed E-state index contributed by atoms with van der Waals surface area (Å²) in [6, 6.07) is 5.14. The Morgan fingerprint density at radius 3 is 2.92 bits per heavy atom. The second kappa shape index (κ2) is 8.43. The van der Waals surface area contributed by atoms with Crippen molar-refractivity contribution >= 4 is 46.6 Å². The summed E-state index contributed by atoms with van der Waals surface area (Å²) in [4.78, 5) is 16.9. The zero-order valence-electron chi connectivity index (χ0n) is 13.9. The molecule has 25 heavy (non-hydrogen) atoms. The molecule has 0 bridgehead atoms. The summed E-state index contributed by atoms with van der Waals surface area (Å²) in [6.45, 7) is 1.81. The maximum Gasteiger partial charge on any atom is 0.237 e. The van der Waals surface area contributed by atoms with Gasteiger partial charge >= 0.3 is 0 Å². The number of carbonyl (C=O) groups excluding carboxylic acids is 1. The predicted molar refractivity (Wildman–Crippen MR) is 102 cm³/mol. The van der Waals surface area contributed by atoms with E-state index in [0.717, 1.165) is 12.2 Å². The fraction of sp³-hybridized carbons (Fsp3) is 0.471. The summed E-state index contributed by atoms with van der Waals surface area (Å²) < 4.78 is 0. The average molecular weight is 399 g/mol. The fourth-order valence-electron chi connectivity index (χ4n) is 2.96.